The van der Waals surface area contributed by atoms with E-state index in [0.29, 0.717) is 13.2 Å². The van der Waals surface area contributed by atoms with Gasteiger partial charge < -0.3 is 19.3 Å². The molecule has 5 heteroatoms. The van der Waals surface area contributed by atoms with Crippen LogP contribution in [-0.2, 0) is 22.6 Å². The minimum Gasteiger partial charge on any atom is -0.379 e. The first-order valence-corrected chi connectivity index (χ1v) is 6.23. The third-order valence-corrected chi connectivity index (χ3v) is 2.69. The van der Waals surface area contributed by atoms with Gasteiger partial charge in [0.25, 0.3) is 0 Å². The molecule has 2 heterocycles. The molecule has 1 fully saturated rings. The van der Waals surface area contributed by atoms with Gasteiger partial charge in [0.2, 0.25) is 0 Å². The summed E-state index contributed by atoms with van der Waals surface area (Å²) in [6, 6.07) is 1.94. The molecular formula is C12H20N2O3. The molecule has 5 nitrogen and oxygen atoms in total. The van der Waals surface area contributed by atoms with Crippen LogP contribution in [0.3, 0.4) is 0 Å². The third-order valence-electron chi connectivity index (χ3n) is 2.69. The highest BCUT2D eigenvalue weighted by atomic mass is 16.6. The van der Waals surface area contributed by atoms with Gasteiger partial charge in [-0.05, 0) is 19.4 Å². The molecule has 17 heavy (non-hydrogen) atoms. The molecule has 0 aromatic carbocycles. The summed E-state index contributed by atoms with van der Waals surface area (Å²) in [5, 5.41) is 7.26. The van der Waals surface area contributed by atoms with Crippen LogP contribution >= 0.6 is 0 Å². The Morgan fingerprint density at radius 2 is 2.53 bits per heavy atom. The Morgan fingerprint density at radius 3 is 3.29 bits per heavy atom. The van der Waals surface area contributed by atoms with Crippen LogP contribution in [0, 0.1) is 0 Å². The molecular weight excluding hydrogens is 220 g/mol. The molecule has 0 aliphatic carbocycles. The quantitative estimate of drug-likeness (QED) is 0.732. The van der Waals surface area contributed by atoms with Gasteiger partial charge in [0.15, 0.2) is 5.76 Å². The lowest BCUT2D eigenvalue weighted by Crippen LogP contribution is -2.13. The summed E-state index contributed by atoms with van der Waals surface area (Å²) < 4.78 is 16.1. The molecule has 0 bridgehead atoms. The van der Waals surface area contributed by atoms with Gasteiger partial charge in [-0.2, -0.15) is 0 Å². The second kappa shape index (κ2) is 6.74. The van der Waals surface area contributed by atoms with Crippen LogP contribution in [0.25, 0.3) is 0 Å². The minimum absolute atomic E-state index is 0.210. The smallest absolute Gasteiger partial charge is 0.162 e. The molecule has 2 rings (SSSR count). The highest BCUT2D eigenvalue weighted by Crippen LogP contribution is 2.12. The van der Waals surface area contributed by atoms with E-state index in [0.717, 1.165) is 44.0 Å². The lowest BCUT2D eigenvalue weighted by Gasteiger charge is -2.06. The fourth-order valence-electron chi connectivity index (χ4n) is 1.74. The van der Waals surface area contributed by atoms with E-state index in [-0.39, 0.29) is 6.10 Å². The second-order valence-corrected chi connectivity index (χ2v) is 4.26. The van der Waals surface area contributed by atoms with Crippen molar-refractivity contribution in [3.05, 3.63) is 17.5 Å². The van der Waals surface area contributed by atoms with Crippen LogP contribution in [0.15, 0.2) is 10.6 Å². The van der Waals surface area contributed by atoms with E-state index in [1.807, 2.05) is 6.07 Å². The molecule has 1 aliphatic heterocycles. The van der Waals surface area contributed by atoms with E-state index in [4.69, 9.17) is 14.0 Å². The number of rotatable bonds is 7. The molecule has 1 unspecified atom stereocenters. The number of hydrogen-bond acceptors (Lipinski definition) is 5. The zero-order chi connectivity index (χ0) is 11.9. The Balaban J connectivity index is 1.69. The third kappa shape index (κ3) is 4.11. The Kier molecular flexibility index (Phi) is 4.97. The number of ether oxygens (including phenoxy) is 2. The van der Waals surface area contributed by atoms with Gasteiger partial charge in [0.1, 0.15) is 6.61 Å². The first kappa shape index (κ1) is 12.5. The first-order valence-electron chi connectivity index (χ1n) is 6.23. The number of hydrogen-bond donors (Lipinski definition) is 1. The summed E-state index contributed by atoms with van der Waals surface area (Å²) in [7, 11) is 0. The molecule has 1 N–H and O–H groups in total. The van der Waals surface area contributed by atoms with Crippen LogP contribution in [-0.4, -0.2) is 31.0 Å². The second-order valence-electron chi connectivity index (χ2n) is 4.26. The fraction of sp³-hybridized carbons (Fsp3) is 0.750. The molecule has 0 radical (unpaired) electrons. The van der Waals surface area contributed by atoms with Crippen LogP contribution in [0.2, 0.25) is 0 Å². The first-order chi connectivity index (χ1) is 8.38. The highest BCUT2D eigenvalue weighted by molar-refractivity contribution is 5.04. The summed E-state index contributed by atoms with van der Waals surface area (Å²) in [6.45, 7) is 5.86. The monoisotopic (exact) mass is 240 g/mol. The molecule has 1 atom stereocenters. The molecule has 0 saturated carbocycles. The standard InChI is InChI=1S/C12H20N2O3/c1-2-4-13-7-10-6-12(17-14-10)9-16-11-3-5-15-8-11/h6,11,13H,2-5,7-9H2,1H3. The lowest BCUT2D eigenvalue weighted by atomic mass is 10.3. The molecule has 1 saturated heterocycles. The number of aromatic nitrogens is 1. The van der Waals surface area contributed by atoms with Crippen molar-refractivity contribution in [2.75, 3.05) is 19.8 Å². The fourth-order valence-corrected chi connectivity index (χ4v) is 1.74. The Morgan fingerprint density at radius 1 is 1.59 bits per heavy atom. The topological polar surface area (TPSA) is 56.5 Å². The largest absolute Gasteiger partial charge is 0.379 e. The average Bonchev–Trinajstić information content (AvgIpc) is 2.98. The Labute approximate surface area is 101 Å². The summed E-state index contributed by atoms with van der Waals surface area (Å²) in [5.74, 6) is 0.783. The van der Waals surface area contributed by atoms with E-state index >= 15 is 0 Å². The Bertz CT molecular complexity index is 321. The van der Waals surface area contributed by atoms with Crippen molar-refractivity contribution in [2.24, 2.45) is 0 Å². The van der Waals surface area contributed by atoms with Crippen LogP contribution < -0.4 is 5.32 Å². The van der Waals surface area contributed by atoms with Gasteiger partial charge in [-0.15, -0.1) is 0 Å². The van der Waals surface area contributed by atoms with Crippen LogP contribution in [0.5, 0.6) is 0 Å². The van der Waals surface area contributed by atoms with Crippen molar-refractivity contribution in [1.82, 2.24) is 10.5 Å². The predicted molar refractivity (Wildman–Crippen MR) is 62.5 cm³/mol. The lowest BCUT2D eigenvalue weighted by molar-refractivity contribution is 0.0212. The van der Waals surface area contributed by atoms with Gasteiger partial charge >= 0.3 is 0 Å². The summed E-state index contributed by atoms with van der Waals surface area (Å²) in [6.07, 6.45) is 2.30. The zero-order valence-electron chi connectivity index (χ0n) is 10.3. The molecule has 1 aliphatic rings. The average molecular weight is 240 g/mol. The molecule has 1 aromatic rings. The van der Waals surface area contributed by atoms with Gasteiger partial charge in [0, 0.05) is 19.2 Å². The molecule has 1 aromatic heterocycles. The van der Waals surface area contributed by atoms with Crippen LogP contribution in [0.4, 0.5) is 0 Å². The van der Waals surface area contributed by atoms with Gasteiger partial charge in [0.05, 0.1) is 18.4 Å². The van der Waals surface area contributed by atoms with Gasteiger partial charge in [-0.3, -0.25) is 0 Å². The van der Waals surface area contributed by atoms with E-state index in [2.05, 4.69) is 17.4 Å². The number of nitrogens with one attached hydrogen (secondary N) is 1. The maximum atomic E-state index is 5.65. The molecule has 0 spiro atoms. The minimum atomic E-state index is 0.210. The van der Waals surface area contributed by atoms with Crippen molar-refractivity contribution in [3.8, 4) is 0 Å². The maximum Gasteiger partial charge on any atom is 0.162 e. The van der Waals surface area contributed by atoms with Gasteiger partial charge in [-0.25, -0.2) is 0 Å². The summed E-state index contributed by atoms with van der Waals surface area (Å²) in [4.78, 5) is 0. The van der Waals surface area contributed by atoms with E-state index in [1.54, 1.807) is 0 Å². The molecule has 0 amide bonds. The maximum absolute atomic E-state index is 5.65. The Hall–Kier alpha value is -0.910. The normalized spacial score (nSPS) is 19.9. The van der Waals surface area contributed by atoms with E-state index in [1.165, 1.54) is 0 Å². The van der Waals surface area contributed by atoms with Crippen molar-refractivity contribution < 1.29 is 14.0 Å². The summed E-state index contributed by atoms with van der Waals surface area (Å²) >= 11 is 0. The van der Waals surface area contributed by atoms with Crippen LogP contribution in [0.1, 0.15) is 31.2 Å². The van der Waals surface area contributed by atoms with Crippen molar-refractivity contribution in [1.29, 1.82) is 0 Å². The SMILES string of the molecule is CCCNCc1cc(COC2CCOC2)on1. The number of nitrogens with zero attached hydrogens (tertiary/aromatic N) is 1. The summed E-state index contributed by atoms with van der Waals surface area (Å²) in [5.41, 5.74) is 0.930. The van der Waals surface area contributed by atoms with Crippen molar-refractivity contribution in [2.45, 2.75) is 39.0 Å². The molecule has 96 valence electrons. The zero-order valence-corrected chi connectivity index (χ0v) is 10.3. The van der Waals surface area contributed by atoms with Gasteiger partial charge in [-0.1, -0.05) is 12.1 Å². The van der Waals surface area contributed by atoms with E-state index < -0.39 is 0 Å². The predicted octanol–water partition coefficient (Wildman–Crippen LogP) is 1.48. The van der Waals surface area contributed by atoms with Crippen molar-refractivity contribution in [3.63, 3.8) is 0 Å². The van der Waals surface area contributed by atoms with Crippen molar-refractivity contribution >= 4 is 0 Å². The highest BCUT2D eigenvalue weighted by Gasteiger charge is 2.16. The van der Waals surface area contributed by atoms with E-state index in [9.17, 15) is 0 Å².